The molecule has 178 valence electrons. The van der Waals surface area contributed by atoms with Crippen molar-refractivity contribution in [3.05, 3.63) is 109 Å². The largest absolute Gasteiger partial charge is 0.701 e. The zero-order chi connectivity index (χ0) is 24.7. The normalized spacial score (nSPS) is 14.1. The minimum Gasteiger partial charge on any atom is -0.630 e. The highest BCUT2D eigenvalue weighted by molar-refractivity contribution is 6.53. The van der Waals surface area contributed by atoms with Gasteiger partial charge in [0.1, 0.15) is 5.52 Å². The summed E-state index contributed by atoms with van der Waals surface area (Å²) in [6, 6.07) is 32.4. The third kappa shape index (κ3) is 3.71. The first kappa shape index (κ1) is 22.0. The monoisotopic (exact) mass is 480 g/mol. The number of aryl methyl sites for hydroxylation is 1. The average Bonchev–Trinajstić information content (AvgIpc) is 3.27. The first-order valence-electron chi connectivity index (χ1n) is 11.9. The number of fused-ring (bicyclic) bond motifs is 2. The van der Waals surface area contributed by atoms with Crippen LogP contribution in [0.5, 0.6) is 5.75 Å². The Kier molecular flexibility index (Phi) is 5.29. The Morgan fingerprint density at radius 3 is 2.14 bits per heavy atom. The molecule has 2 heterocycles. The van der Waals surface area contributed by atoms with E-state index >= 15 is 8.63 Å². The van der Waals surface area contributed by atoms with Crippen LogP contribution in [0.15, 0.2) is 103 Å². The van der Waals surface area contributed by atoms with Crippen molar-refractivity contribution in [3.63, 3.8) is 0 Å². The van der Waals surface area contributed by atoms with Gasteiger partial charge in [-0.25, -0.2) is 4.57 Å². The highest BCUT2D eigenvalue weighted by Gasteiger charge is 2.45. The van der Waals surface area contributed by atoms with Crippen molar-refractivity contribution in [2.45, 2.75) is 13.5 Å². The first-order valence-corrected chi connectivity index (χ1v) is 11.9. The molecule has 36 heavy (non-hydrogen) atoms. The van der Waals surface area contributed by atoms with Gasteiger partial charge in [0.2, 0.25) is 0 Å². The molecule has 0 atom stereocenters. The minimum atomic E-state index is -4.40. The molecular formula is C28H23BF2N4O. The quantitative estimate of drug-likeness (QED) is 0.253. The van der Waals surface area contributed by atoms with E-state index in [1.54, 1.807) is 16.7 Å². The van der Waals surface area contributed by atoms with Crippen LogP contribution in [0.2, 0.25) is 0 Å². The maximum atomic E-state index is 15.5. The molecule has 0 amide bonds. The number of imidazole rings is 1. The van der Waals surface area contributed by atoms with Crippen molar-refractivity contribution in [2.75, 3.05) is 4.90 Å². The van der Waals surface area contributed by atoms with Gasteiger partial charge in [0, 0.05) is 34.9 Å². The molecule has 0 N–H and O–H groups in total. The highest BCUT2D eigenvalue weighted by Crippen LogP contribution is 2.39. The Morgan fingerprint density at radius 1 is 0.833 bits per heavy atom. The summed E-state index contributed by atoms with van der Waals surface area (Å²) in [5.41, 5.74) is 4.58. The number of aromatic nitrogens is 2. The fourth-order valence-electron chi connectivity index (χ4n) is 4.68. The SMILES string of the molecule is CCn1c([N+]2=Cc3ccc(N(c4ccccc4)c4ccccc4)cc3O[B-]2(F)F)nc2ccccc21. The molecular weight excluding hydrogens is 457 g/mol. The Morgan fingerprint density at radius 2 is 1.47 bits per heavy atom. The van der Waals surface area contributed by atoms with Crippen molar-refractivity contribution in [1.29, 1.82) is 0 Å². The molecule has 5 nitrogen and oxygen atoms in total. The van der Waals surface area contributed by atoms with Gasteiger partial charge < -0.3 is 22.7 Å². The summed E-state index contributed by atoms with van der Waals surface area (Å²) >= 11 is 0. The van der Waals surface area contributed by atoms with E-state index in [1.165, 1.54) is 6.21 Å². The molecule has 0 saturated carbocycles. The predicted octanol–water partition coefficient (Wildman–Crippen LogP) is 7.06. The fourth-order valence-corrected chi connectivity index (χ4v) is 4.68. The van der Waals surface area contributed by atoms with Gasteiger partial charge in [-0.1, -0.05) is 53.5 Å². The molecule has 8 heteroatoms. The van der Waals surface area contributed by atoms with Gasteiger partial charge in [0.05, 0.1) is 12.3 Å². The van der Waals surface area contributed by atoms with E-state index in [4.69, 9.17) is 4.65 Å². The number of hydrogen-bond donors (Lipinski definition) is 0. The van der Waals surface area contributed by atoms with Gasteiger partial charge in [-0.2, -0.15) is 0 Å². The summed E-state index contributed by atoms with van der Waals surface area (Å²) in [6.45, 7) is 2.41. The van der Waals surface area contributed by atoms with Crippen molar-refractivity contribution in [2.24, 2.45) is 0 Å². The van der Waals surface area contributed by atoms with Crippen LogP contribution in [0.3, 0.4) is 0 Å². The number of halogens is 2. The lowest BCUT2D eigenvalue weighted by atomic mass is 9.99. The number of para-hydroxylation sites is 4. The minimum absolute atomic E-state index is 0.129. The van der Waals surface area contributed by atoms with Gasteiger partial charge in [-0.15, -0.1) is 0 Å². The Balaban J connectivity index is 1.47. The number of nitrogens with zero attached hydrogens (tertiary/aromatic N) is 4. The number of benzene rings is 4. The van der Waals surface area contributed by atoms with E-state index in [-0.39, 0.29) is 11.7 Å². The maximum absolute atomic E-state index is 15.5. The standard InChI is InChI=1S/C28H23BF2N4O/c1-2-33-26-16-10-9-15-25(26)32-28(33)34-20-21-17-18-24(19-27(21)36-29(34,30)31)35(22-11-5-3-6-12-22)23-13-7-4-8-14-23/h3-20H,2H2,1H3. The van der Waals surface area contributed by atoms with Crippen molar-refractivity contribution < 1.29 is 17.8 Å². The molecule has 0 fully saturated rings. The van der Waals surface area contributed by atoms with E-state index in [0.29, 0.717) is 17.6 Å². The smallest absolute Gasteiger partial charge is 0.630 e. The van der Waals surface area contributed by atoms with Gasteiger partial charge in [0.15, 0.2) is 5.52 Å². The molecule has 0 spiro atoms. The second kappa shape index (κ2) is 8.64. The summed E-state index contributed by atoms with van der Waals surface area (Å²) in [4.78, 5) is 6.52. The lowest BCUT2D eigenvalue weighted by Crippen LogP contribution is -2.47. The summed E-state index contributed by atoms with van der Waals surface area (Å²) in [5.74, 6) is 0.290. The van der Waals surface area contributed by atoms with Crippen molar-refractivity contribution >= 4 is 47.3 Å². The summed E-state index contributed by atoms with van der Waals surface area (Å²) in [6.07, 6.45) is 1.44. The topological polar surface area (TPSA) is 33.3 Å². The number of anilines is 3. The van der Waals surface area contributed by atoms with Crippen molar-refractivity contribution in [3.8, 4) is 5.75 Å². The molecule has 4 aromatic carbocycles. The summed E-state index contributed by atoms with van der Waals surface area (Å²) in [7, 11) is -4.40. The molecule has 1 aliphatic heterocycles. The summed E-state index contributed by atoms with van der Waals surface area (Å²) < 4.78 is 39.1. The van der Waals surface area contributed by atoms with Gasteiger partial charge in [0.25, 0.3) is 0 Å². The van der Waals surface area contributed by atoms with Crippen LogP contribution in [0.4, 0.5) is 31.6 Å². The Labute approximate surface area is 207 Å². The molecule has 0 aliphatic carbocycles. The van der Waals surface area contributed by atoms with Gasteiger partial charge in [-0.3, -0.25) is 0 Å². The number of hydrogen-bond acceptors (Lipinski definition) is 3. The van der Waals surface area contributed by atoms with Gasteiger partial charge >= 0.3 is 13.0 Å². The predicted molar refractivity (Wildman–Crippen MR) is 140 cm³/mol. The van der Waals surface area contributed by atoms with Crippen LogP contribution < -0.4 is 9.55 Å². The van der Waals surface area contributed by atoms with Crippen molar-refractivity contribution in [1.82, 2.24) is 9.55 Å². The Bertz CT molecular complexity index is 1550. The second-order valence-electron chi connectivity index (χ2n) is 8.59. The van der Waals surface area contributed by atoms with E-state index in [0.717, 1.165) is 27.1 Å². The molecule has 0 unspecified atom stereocenters. The lowest BCUT2D eigenvalue weighted by molar-refractivity contribution is -0.354. The highest BCUT2D eigenvalue weighted by atomic mass is 19.3. The Hall–Kier alpha value is -4.46. The average molecular weight is 480 g/mol. The molecule has 5 aromatic rings. The molecule has 0 bridgehead atoms. The van der Waals surface area contributed by atoms with E-state index in [2.05, 4.69) is 4.98 Å². The zero-order valence-corrected chi connectivity index (χ0v) is 19.6. The van der Waals surface area contributed by atoms with Crippen LogP contribution in [0.25, 0.3) is 11.0 Å². The third-order valence-corrected chi connectivity index (χ3v) is 6.34. The maximum Gasteiger partial charge on any atom is 0.701 e. The number of rotatable bonds is 5. The molecule has 1 aromatic heterocycles. The fraction of sp³-hybridized carbons (Fsp3) is 0.0714. The van der Waals surface area contributed by atoms with Crippen LogP contribution in [0.1, 0.15) is 12.5 Å². The summed E-state index contributed by atoms with van der Waals surface area (Å²) in [5, 5.41) is 0. The third-order valence-electron chi connectivity index (χ3n) is 6.34. The molecule has 0 radical (unpaired) electrons. The molecule has 1 aliphatic rings. The van der Waals surface area contributed by atoms with Gasteiger partial charge in [-0.05, 0) is 55.5 Å². The molecule has 6 rings (SSSR count). The van der Waals surface area contributed by atoms with Crippen LogP contribution in [-0.2, 0) is 6.54 Å². The van der Waals surface area contributed by atoms with Crippen LogP contribution >= 0.6 is 0 Å². The van der Waals surface area contributed by atoms with E-state index in [1.807, 2.05) is 103 Å². The molecule has 0 saturated heterocycles. The van der Waals surface area contributed by atoms with E-state index < -0.39 is 7.04 Å². The van der Waals surface area contributed by atoms with E-state index in [9.17, 15) is 0 Å². The van der Waals surface area contributed by atoms with Crippen LogP contribution in [-0.4, -0.2) is 27.3 Å². The lowest BCUT2D eigenvalue weighted by Gasteiger charge is -2.33. The first-order chi connectivity index (χ1) is 17.5. The second-order valence-corrected chi connectivity index (χ2v) is 8.59. The van der Waals surface area contributed by atoms with Crippen LogP contribution in [0, 0.1) is 0 Å². The zero-order valence-electron chi connectivity index (χ0n) is 19.6.